The Morgan fingerprint density at radius 2 is 2.04 bits per heavy atom. The minimum absolute atomic E-state index is 0.0409. The van der Waals surface area contributed by atoms with Gasteiger partial charge < -0.3 is 25.9 Å². The highest BCUT2D eigenvalue weighted by atomic mass is 32.3. The SMILES string of the molecule is CC[C@@H](NC1=NS(C)(C)N=C1Nc1cccc(C(N)=O)c1O)c1cc(C)co1. The van der Waals surface area contributed by atoms with E-state index in [4.69, 9.17) is 14.5 Å². The van der Waals surface area contributed by atoms with Crippen molar-refractivity contribution in [3.8, 4) is 5.75 Å². The number of nitrogens with one attached hydrogen (secondary N) is 2. The zero-order valence-electron chi connectivity index (χ0n) is 16.3. The van der Waals surface area contributed by atoms with E-state index in [2.05, 4.69) is 22.0 Å². The average molecular weight is 404 g/mol. The molecule has 5 N–H and O–H groups in total. The predicted molar refractivity (Wildman–Crippen MR) is 114 cm³/mol. The summed E-state index contributed by atoms with van der Waals surface area (Å²) >= 11 is 0. The van der Waals surface area contributed by atoms with E-state index in [0.29, 0.717) is 17.4 Å². The van der Waals surface area contributed by atoms with Crippen molar-refractivity contribution in [2.45, 2.75) is 26.3 Å². The molecular weight excluding hydrogens is 378 g/mol. The first-order valence-corrected chi connectivity index (χ1v) is 11.2. The maximum atomic E-state index is 11.5. The molecule has 8 nitrogen and oxygen atoms in total. The summed E-state index contributed by atoms with van der Waals surface area (Å²) in [6, 6.07) is 6.67. The van der Waals surface area contributed by atoms with Gasteiger partial charge in [0.05, 0.1) is 23.6 Å². The van der Waals surface area contributed by atoms with E-state index in [1.807, 2.05) is 25.5 Å². The van der Waals surface area contributed by atoms with Crippen LogP contribution in [0.3, 0.4) is 0 Å². The number of hydrogen-bond acceptors (Lipinski definition) is 7. The molecule has 1 amide bonds. The van der Waals surface area contributed by atoms with Crippen LogP contribution in [0.4, 0.5) is 5.69 Å². The van der Waals surface area contributed by atoms with Crippen LogP contribution in [-0.2, 0) is 0 Å². The summed E-state index contributed by atoms with van der Waals surface area (Å²) in [7, 11) is -1.59. The number of nitrogens with two attached hydrogens (primary N) is 1. The van der Waals surface area contributed by atoms with E-state index in [-0.39, 0.29) is 17.4 Å². The van der Waals surface area contributed by atoms with Gasteiger partial charge in [0.25, 0.3) is 5.91 Å². The van der Waals surface area contributed by atoms with Crippen LogP contribution in [0.5, 0.6) is 5.75 Å². The molecule has 1 atom stereocenters. The van der Waals surface area contributed by atoms with Crippen molar-refractivity contribution in [2.24, 2.45) is 14.5 Å². The van der Waals surface area contributed by atoms with Crippen molar-refractivity contribution in [3.63, 3.8) is 0 Å². The van der Waals surface area contributed by atoms with E-state index < -0.39 is 16.3 Å². The third-order valence-electron chi connectivity index (χ3n) is 4.22. The number of carbonyl (C=O) groups is 1. The third-order valence-corrected chi connectivity index (χ3v) is 5.48. The number of nitrogens with zero attached hydrogens (tertiary/aromatic N) is 2. The van der Waals surface area contributed by atoms with Crippen molar-refractivity contribution in [3.05, 3.63) is 47.4 Å². The lowest BCUT2D eigenvalue weighted by Gasteiger charge is -2.18. The van der Waals surface area contributed by atoms with Gasteiger partial charge in [0.15, 0.2) is 17.4 Å². The smallest absolute Gasteiger partial charge is 0.252 e. The Labute approximate surface area is 165 Å². The number of aromatic hydroxyl groups is 1. The molecule has 1 aromatic heterocycles. The van der Waals surface area contributed by atoms with E-state index in [1.54, 1.807) is 18.4 Å². The number of carbonyl (C=O) groups excluding carboxylic acids is 1. The number of para-hydroxylation sites is 1. The molecule has 0 fully saturated rings. The topological polar surface area (TPSA) is 125 Å². The van der Waals surface area contributed by atoms with Crippen molar-refractivity contribution < 1.29 is 14.3 Å². The summed E-state index contributed by atoms with van der Waals surface area (Å²) in [6.45, 7) is 4.03. The molecule has 0 aliphatic carbocycles. The Bertz CT molecular complexity index is 964. The van der Waals surface area contributed by atoms with Crippen LogP contribution in [0.2, 0.25) is 0 Å². The van der Waals surface area contributed by atoms with Gasteiger partial charge in [-0.05, 0) is 37.1 Å². The largest absolute Gasteiger partial charge is 0.505 e. The summed E-state index contributed by atoms with van der Waals surface area (Å²) in [5, 5.41) is 16.8. The number of primary amides is 1. The summed E-state index contributed by atoms with van der Waals surface area (Å²) in [4.78, 5) is 11.5. The molecule has 28 heavy (non-hydrogen) atoms. The lowest BCUT2D eigenvalue weighted by Crippen LogP contribution is -2.36. The van der Waals surface area contributed by atoms with Crippen molar-refractivity contribution in [1.82, 2.24) is 5.32 Å². The molecular formula is C19H25N5O3S. The third kappa shape index (κ3) is 4.14. The number of benzene rings is 1. The minimum atomic E-state index is -1.59. The highest BCUT2D eigenvalue weighted by molar-refractivity contribution is 8.31. The number of phenols is 1. The van der Waals surface area contributed by atoms with Gasteiger partial charge >= 0.3 is 0 Å². The maximum absolute atomic E-state index is 11.5. The fourth-order valence-corrected chi connectivity index (χ4v) is 4.08. The molecule has 3 rings (SSSR count). The van der Waals surface area contributed by atoms with Crippen LogP contribution < -0.4 is 16.4 Å². The van der Waals surface area contributed by atoms with Crippen molar-refractivity contribution >= 4 is 33.7 Å². The number of furan rings is 1. The molecule has 1 aromatic carbocycles. The predicted octanol–water partition coefficient (Wildman–Crippen LogP) is 3.25. The molecule has 0 saturated carbocycles. The normalized spacial score (nSPS) is 17.4. The second-order valence-corrected chi connectivity index (χ2v) is 9.73. The number of hydrogen-bond donors (Lipinski definition) is 4. The molecule has 0 spiro atoms. The lowest BCUT2D eigenvalue weighted by molar-refractivity contribution is 0.0998. The summed E-state index contributed by atoms with van der Waals surface area (Å²) in [5.41, 5.74) is 6.74. The van der Waals surface area contributed by atoms with Crippen LogP contribution in [0, 0.1) is 6.92 Å². The van der Waals surface area contributed by atoms with Crippen LogP contribution in [0.1, 0.15) is 41.1 Å². The van der Waals surface area contributed by atoms with Crippen LogP contribution in [0.15, 0.2) is 43.7 Å². The molecule has 0 saturated heterocycles. The van der Waals surface area contributed by atoms with Crippen LogP contribution >= 0.6 is 10.4 Å². The fraction of sp³-hybridized carbons (Fsp3) is 0.316. The fourth-order valence-electron chi connectivity index (χ4n) is 2.88. The van der Waals surface area contributed by atoms with E-state index in [0.717, 1.165) is 17.7 Å². The van der Waals surface area contributed by atoms with E-state index in [1.165, 1.54) is 6.07 Å². The number of aryl methyl sites for hydroxylation is 1. The minimum Gasteiger partial charge on any atom is -0.505 e. The van der Waals surface area contributed by atoms with Gasteiger partial charge in [0.1, 0.15) is 5.76 Å². The Hall–Kier alpha value is -2.94. The van der Waals surface area contributed by atoms with Crippen molar-refractivity contribution in [1.29, 1.82) is 0 Å². The first-order valence-electron chi connectivity index (χ1n) is 8.84. The Morgan fingerprint density at radius 1 is 1.32 bits per heavy atom. The zero-order valence-corrected chi connectivity index (χ0v) is 17.1. The second kappa shape index (κ2) is 7.59. The summed E-state index contributed by atoms with van der Waals surface area (Å²) < 4.78 is 15.0. The first-order chi connectivity index (χ1) is 13.2. The number of anilines is 1. The summed E-state index contributed by atoms with van der Waals surface area (Å²) in [6.07, 6.45) is 6.42. The van der Waals surface area contributed by atoms with Gasteiger partial charge in [-0.3, -0.25) is 4.79 Å². The van der Waals surface area contributed by atoms with Gasteiger partial charge in [0.2, 0.25) is 0 Å². The van der Waals surface area contributed by atoms with Gasteiger partial charge in [-0.1, -0.05) is 23.4 Å². The molecule has 150 valence electrons. The van der Waals surface area contributed by atoms with Crippen molar-refractivity contribution in [2.75, 3.05) is 17.8 Å². The molecule has 1 aliphatic rings. The summed E-state index contributed by atoms with van der Waals surface area (Å²) in [5.74, 6) is 0.987. The number of amides is 1. The second-order valence-electron chi connectivity index (χ2n) is 6.92. The monoisotopic (exact) mass is 403 g/mol. The quantitative estimate of drug-likeness (QED) is 0.570. The van der Waals surface area contributed by atoms with Gasteiger partial charge in [-0.2, -0.15) is 8.80 Å². The maximum Gasteiger partial charge on any atom is 0.252 e. The van der Waals surface area contributed by atoms with Gasteiger partial charge in [0, 0.05) is 12.5 Å². The Kier molecular flexibility index (Phi) is 5.37. The highest BCUT2D eigenvalue weighted by Gasteiger charge is 2.28. The molecule has 0 unspecified atom stereocenters. The van der Waals surface area contributed by atoms with Crippen LogP contribution in [-0.4, -0.2) is 35.2 Å². The zero-order chi connectivity index (χ0) is 20.5. The molecule has 0 bridgehead atoms. The number of rotatable bonds is 5. The molecule has 2 aromatic rings. The molecule has 2 heterocycles. The average Bonchev–Trinajstić information content (AvgIpc) is 3.16. The number of amidine groups is 2. The Morgan fingerprint density at radius 3 is 2.64 bits per heavy atom. The standard InChI is InChI=1S/C19H25N5O3S/c1-5-13(15-9-11(2)10-27-15)21-18-19(24-28(3,4)23-18)22-14-8-6-7-12(16(14)25)17(20)26/h6-10,13,25H,5H2,1-4H3,(H2,20,26)(H,21,23)(H,22,24)/t13-/m1/s1. The lowest BCUT2D eigenvalue weighted by atomic mass is 10.1. The molecule has 1 aliphatic heterocycles. The Balaban J connectivity index is 1.87. The molecule has 9 heteroatoms. The first kappa shape index (κ1) is 19.8. The molecule has 0 radical (unpaired) electrons. The van der Waals surface area contributed by atoms with Gasteiger partial charge in [-0.25, -0.2) is 0 Å². The van der Waals surface area contributed by atoms with E-state index in [9.17, 15) is 9.90 Å². The highest BCUT2D eigenvalue weighted by Crippen LogP contribution is 2.47. The van der Waals surface area contributed by atoms with Crippen LogP contribution in [0.25, 0.3) is 0 Å². The van der Waals surface area contributed by atoms with Gasteiger partial charge in [-0.15, -0.1) is 0 Å². The van der Waals surface area contributed by atoms with E-state index >= 15 is 0 Å².